The molecule has 4 aromatic carbocycles. The van der Waals surface area contributed by atoms with Gasteiger partial charge >= 0.3 is 0 Å². The van der Waals surface area contributed by atoms with Crippen LogP contribution < -0.4 is 10.6 Å². The normalized spacial score (nSPS) is 19.1. The van der Waals surface area contributed by atoms with Gasteiger partial charge in [-0.1, -0.05) is 109 Å². The van der Waals surface area contributed by atoms with Gasteiger partial charge in [0, 0.05) is 0 Å². The van der Waals surface area contributed by atoms with Crippen LogP contribution in [0, 0.1) is 5.92 Å². The molecule has 2 heterocycles. The fraction of sp³-hybridized carbons (Fsp3) is 0.0667. The van der Waals surface area contributed by atoms with E-state index < -0.39 is 5.92 Å². The maximum absolute atomic E-state index is 13.0. The number of hydrogen-bond acceptors (Lipinski definition) is 2. The number of nitrogens with one attached hydrogen (secondary N) is 2. The topological polar surface area (TPSA) is 58.2 Å². The summed E-state index contributed by atoms with van der Waals surface area (Å²) in [6.07, 6.45) is 0. The molecule has 1 fully saturated rings. The Morgan fingerprint density at radius 1 is 0.529 bits per heavy atom. The molecule has 0 saturated carbocycles. The Hall–Kier alpha value is -4.44. The van der Waals surface area contributed by atoms with E-state index >= 15 is 0 Å². The lowest BCUT2D eigenvalue weighted by Gasteiger charge is -2.16. The minimum Gasteiger partial charge on any atom is -0.344 e. The summed E-state index contributed by atoms with van der Waals surface area (Å²) in [7, 11) is 0. The van der Waals surface area contributed by atoms with Crippen molar-refractivity contribution < 1.29 is 9.59 Å². The predicted molar refractivity (Wildman–Crippen MR) is 133 cm³/mol. The molecule has 2 amide bonds. The third-order valence-corrected chi connectivity index (χ3v) is 6.63. The van der Waals surface area contributed by atoms with Gasteiger partial charge < -0.3 is 10.6 Å². The number of carbonyl (C=O) groups is 2. The van der Waals surface area contributed by atoms with Gasteiger partial charge in [-0.2, -0.15) is 0 Å². The molecule has 4 aromatic rings. The van der Waals surface area contributed by atoms with Crippen LogP contribution in [0.4, 0.5) is 0 Å². The fourth-order valence-corrected chi connectivity index (χ4v) is 4.91. The van der Waals surface area contributed by atoms with Crippen molar-refractivity contribution in [3.05, 3.63) is 126 Å². The van der Waals surface area contributed by atoms with E-state index in [1.807, 2.05) is 84.9 Å². The Kier molecular flexibility index (Phi) is 4.84. The monoisotopic (exact) mass is 442 g/mol. The summed E-state index contributed by atoms with van der Waals surface area (Å²) in [5.74, 6) is -0.880. The summed E-state index contributed by atoms with van der Waals surface area (Å²) in [6, 6.07) is 35.9. The lowest BCUT2D eigenvalue weighted by Crippen LogP contribution is -2.29. The van der Waals surface area contributed by atoms with Crippen LogP contribution in [0.25, 0.3) is 28.0 Å². The molecule has 2 aliphatic rings. The van der Waals surface area contributed by atoms with Crippen molar-refractivity contribution >= 4 is 17.5 Å². The second-order valence-electron chi connectivity index (χ2n) is 8.64. The van der Waals surface area contributed by atoms with Crippen molar-refractivity contribution in [2.24, 2.45) is 5.92 Å². The van der Waals surface area contributed by atoms with Crippen LogP contribution >= 0.6 is 0 Å². The minimum atomic E-state index is -0.543. The molecule has 0 bridgehead atoms. The van der Waals surface area contributed by atoms with E-state index in [0.29, 0.717) is 11.3 Å². The highest BCUT2D eigenvalue weighted by molar-refractivity contribution is 6.15. The lowest BCUT2D eigenvalue weighted by atomic mass is 9.90. The van der Waals surface area contributed by atoms with Crippen LogP contribution in [-0.4, -0.2) is 11.8 Å². The second kappa shape index (κ2) is 8.16. The van der Waals surface area contributed by atoms with Crippen LogP contribution in [-0.2, 0) is 9.59 Å². The van der Waals surface area contributed by atoms with Crippen molar-refractivity contribution in [2.75, 3.05) is 0 Å². The zero-order chi connectivity index (χ0) is 23.1. The molecule has 1 saturated heterocycles. The van der Waals surface area contributed by atoms with Gasteiger partial charge in [0.05, 0.1) is 23.2 Å². The van der Waals surface area contributed by atoms with Crippen LogP contribution in [0.3, 0.4) is 0 Å². The third-order valence-electron chi connectivity index (χ3n) is 6.63. The van der Waals surface area contributed by atoms with Gasteiger partial charge in [0.15, 0.2) is 0 Å². The van der Waals surface area contributed by atoms with Gasteiger partial charge in [0.2, 0.25) is 5.91 Å². The van der Waals surface area contributed by atoms with Gasteiger partial charge in [-0.3, -0.25) is 9.59 Å². The molecule has 0 spiro atoms. The summed E-state index contributed by atoms with van der Waals surface area (Å²) in [6.45, 7) is 0. The van der Waals surface area contributed by atoms with Crippen LogP contribution in [0.2, 0.25) is 0 Å². The number of rotatable bonds is 4. The van der Waals surface area contributed by atoms with E-state index in [1.54, 1.807) is 0 Å². The summed E-state index contributed by atoms with van der Waals surface area (Å²) < 4.78 is 0. The molecule has 2 unspecified atom stereocenters. The molecule has 0 aromatic heterocycles. The molecule has 0 aliphatic carbocycles. The fourth-order valence-electron chi connectivity index (χ4n) is 4.91. The van der Waals surface area contributed by atoms with Gasteiger partial charge in [0.1, 0.15) is 0 Å². The van der Waals surface area contributed by atoms with E-state index in [0.717, 1.165) is 33.4 Å². The molecule has 2 N–H and O–H groups in total. The van der Waals surface area contributed by atoms with Crippen LogP contribution in [0.1, 0.15) is 17.2 Å². The molecule has 6 rings (SSSR count). The number of amides is 2. The Morgan fingerprint density at radius 2 is 1.00 bits per heavy atom. The van der Waals surface area contributed by atoms with E-state index in [1.165, 1.54) is 0 Å². The van der Waals surface area contributed by atoms with Crippen LogP contribution in [0.5, 0.6) is 0 Å². The molecule has 34 heavy (non-hydrogen) atoms. The molecular weight excluding hydrogens is 420 g/mol. The smallest absolute Gasteiger partial charge is 0.250 e. The first-order valence-electron chi connectivity index (χ1n) is 11.4. The average Bonchev–Trinajstić information content (AvgIpc) is 3.43. The third kappa shape index (κ3) is 3.41. The van der Waals surface area contributed by atoms with E-state index in [2.05, 4.69) is 34.9 Å². The van der Waals surface area contributed by atoms with Gasteiger partial charge in [-0.05, 0) is 33.4 Å². The van der Waals surface area contributed by atoms with Crippen molar-refractivity contribution in [3.8, 4) is 22.3 Å². The summed E-state index contributed by atoms with van der Waals surface area (Å²) in [5, 5.41) is 6.02. The van der Waals surface area contributed by atoms with Gasteiger partial charge in [0.25, 0.3) is 5.91 Å². The zero-order valence-electron chi connectivity index (χ0n) is 18.4. The molecule has 2 aliphatic heterocycles. The quantitative estimate of drug-likeness (QED) is 0.448. The first kappa shape index (κ1) is 20.2. The first-order chi connectivity index (χ1) is 16.7. The maximum Gasteiger partial charge on any atom is 0.250 e. The van der Waals surface area contributed by atoms with Gasteiger partial charge in [-0.25, -0.2) is 0 Å². The molecule has 4 heteroatoms. The van der Waals surface area contributed by atoms with E-state index in [-0.39, 0.29) is 17.9 Å². The Bertz CT molecular complexity index is 1410. The molecular formula is C30H22N2O2. The molecule has 0 radical (unpaired) electrons. The summed E-state index contributed by atoms with van der Waals surface area (Å²) in [4.78, 5) is 26.0. The van der Waals surface area contributed by atoms with Crippen molar-refractivity contribution in [1.29, 1.82) is 0 Å². The highest BCUT2D eigenvalue weighted by Gasteiger charge is 2.49. The zero-order valence-corrected chi connectivity index (χ0v) is 18.4. The first-order valence-corrected chi connectivity index (χ1v) is 11.4. The largest absolute Gasteiger partial charge is 0.344 e. The average molecular weight is 443 g/mol. The number of carbonyl (C=O) groups excluding carboxylic acids is 2. The van der Waals surface area contributed by atoms with E-state index in [9.17, 15) is 9.59 Å². The highest BCUT2D eigenvalue weighted by atomic mass is 16.2. The Balaban J connectivity index is 1.31. The standard InChI is InChI=1S/C30H22N2O2/c33-29-25-26(28(32-29)24-17-13-22(14-18-24)20-9-5-2-6-10-20)30(34)31-27(25)23-15-11-21(12-16-23)19-7-3-1-4-8-19/h1-18,25,27H,(H,31,34)(H,32,33). The SMILES string of the molecule is O=C1NC(c2ccc(-c3ccccc3)cc2)C2C(=O)NC(c3ccc(-c4ccccc4)cc3)=C12. The molecule has 4 nitrogen and oxygen atoms in total. The maximum atomic E-state index is 13.0. The second-order valence-corrected chi connectivity index (χ2v) is 8.64. The Morgan fingerprint density at radius 3 is 1.56 bits per heavy atom. The van der Waals surface area contributed by atoms with Gasteiger partial charge in [-0.15, -0.1) is 0 Å². The van der Waals surface area contributed by atoms with Crippen molar-refractivity contribution in [3.63, 3.8) is 0 Å². The summed E-state index contributed by atoms with van der Waals surface area (Å²) in [5.41, 5.74) is 7.32. The number of hydrogen-bond donors (Lipinski definition) is 2. The number of benzene rings is 4. The van der Waals surface area contributed by atoms with Crippen LogP contribution in [0.15, 0.2) is 115 Å². The predicted octanol–water partition coefficient (Wildman–Crippen LogP) is 5.35. The van der Waals surface area contributed by atoms with Crippen molar-refractivity contribution in [2.45, 2.75) is 6.04 Å². The Labute approximate surface area is 198 Å². The molecule has 2 atom stereocenters. The van der Waals surface area contributed by atoms with Crippen molar-refractivity contribution in [1.82, 2.24) is 10.6 Å². The number of fused-ring (bicyclic) bond motifs is 1. The minimum absolute atomic E-state index is 0.146. The highest BCUT2D eigenvalue weighted by Crippen LogP contribution is 2.42. The molecule has 164 valence electrons. The lowest BCUT2D eigenvalue weighted by molar-refractivity contribution is -0.122. The van der Waals surface area contributed by atoms with E-state index in [4.69, 9.17) is 0 Å². The summed E-state index contributed by atoms with van der Waals surface area (Å²) >= 11 is 0.